The number of anilines is 1. The Morgan fingerprint density at radius 3 is 2.72 bits per heavy atom. The molecular weight excluding hydrogens is 326 g/mol. The zero-order valence-electron chi connectivity index (χ0n) is 9.10. The van der Waals surface area contributed by atoms with E-state index in [-0.39, 0.29) is 10.6 Å². The fourth-order valence-electron chi connectivity index (χ4n) is 1.75. The highest BCUT2D eigenvalue weighted by Crippen LogP contribution is 2.30. The van der Waals surface area contributed by atoms with Crippen molar-refractivity contribution in [3.63, 3.8) is 0 Å². The Morgan fingerprint density at radius 2 is 2.17 bits per heavy atom. The molecule has 7 nitrogen and oxygen atoms in total. The van der Waals surface area contributed by atoms with Gasteiger partial charge in [0.15, 0.2) is 6.23 Å². The molecule has 0 bridgehead atoms. The Bertz CT molecular complexity index is 511. The number of ether oxygens (including phenoxy) is 1. The molecule has 9 heteroatoms. The molecule has 0 aliphatic carbocycles. The van der Waals surface area contributed by atoms with Gasteiger partial charge in [0, 0.05) is 6.20 Å². The van der Waals surface area contributed by atoms with Crippen molar-refractivity contribution in [2.75, 3.05) is 12.3 Å². The smallest absolute Gasteiger partial charge is 0.203 e. The van der Waals surface area contributed by atoms with E-state index in [1.165, 1.54) is 10.8 Å². The van der Waals surface area contributed by atoms with Gasteiger partial charge in [0.2, 0.25) is 4.77 Å². The third kappa shape index (κ3) is 2.29. The average Bonchev–Trinajstić information content (AvgIpc) is 2.61. The third-order valence-corrected chi connectivity index (χ3v) is 3.64. The molecule has 1 saturated heterocycles. The molecule has 0 unspecified atom stereocenters. The van der Waals surface area contributed by atoms with E-state index in [1.54, 1.807) is 0 Å². The Labute approximate surface area is 116 Å². The van der Waals surface area contributed by atoms with E-state index in [0.717, 1.165) is 0 Å². The minimum atomic E-state index is -1.20. The van der Waals surface area contributed by atoms with Gasteiger partial charge in [-0.25, -0.2) is 4.98 Å². The summed E-state index contributed by atoms with van der Waals surface area (Å²) in [5.41, 5.74) is 5.57. The number of nitrogens with zero attached hydrogens (tertiary/aromatic N) is 2. The molecule has 18 heavy (non-hydrogen) atoms. The first-order chi connectivity index (χ1) is 8.45. The van der Waals surface area contributed by atoms with Gasteiger partial charge in [-0.2, -0.15) is 0 Å². The van der Waals surface area contributed by atoms with Crippen LogP contribution in [0.2, 0.25) is 0 Å². The summed E-state index contributed by atoms with van der Waals surface area (Å²) in [6, 6.07) is 0. The molecule has 0 aromatic carbocycles. The highest BCUT2D eigenvalue weighted by molar-refractivity contribution is 9.10. The van der Waals surface area contributed by atoms with Crippen LogP contribution in [0.5, 0.6) is 0 Å². The molecule has 0 saturated carbocycles. The van der Waals surface area contributed by atoms with Crippen LogP contribution in [0.25, 0.3) is 0 Å². The van der Waals surface area contributed by atoms with Gasteiger partial charge < -0.3 is 25.8 Å². The molecule has 1 aromatic rings. The van der Waals surface area contributed by atoms with Crippen molar-refractivity contribution in [1.29, 1.82) is 0 Å². The van der Waals surface area contributed by atoms with Gasteiger partial charge in [-0.3, -0.25) is 4.57 Å². The fraction of sp³-hybridized carbons (Fsp3) is 0.556. The van der Waals surface area contributed by atoms with Crippen LogP contribution >= 0.6 is 28.1 Å². The molecule has 2 rings (SSSR count). The number of hydrogen-bond donors (Lipinski definition) is 4. The molecule has 100 valence electrons. The summed E-state index contributed by atoms with van der Waals surface area (Å²) >= 11 is 8.21. The van der Waals surface area contributed by atoms with Crippen LogP contribution in [-0.2, 0) is 4.74 Å². The molecular formula is C9H12BrN3O4S. The second-order valence-electron chi connectivity index (χ2n) is 3.89. The Hall–Kier alpha value is -0.580. The van der Waals surface area contributed by atoms with Gasteiger partial charge in [-0.15, -0.1) is 0 Å². The minimum absolute atomic E-state index is 0.116. The summed E-state index contributed by atoms with van der Waals surface area (Å²) in [5, 5.41) is 28.5. The first-order valence-electron chi connectivity index (χ1n) is 5.12. The lowest BCUT2D eigenvalue weighted by molar-refractivity contribution is -0.0541. The number of nitrogen functional groups attached to an aromatic ring is 1. The molecule has 0 amide bonds. The standard InChI is InChI=1S/C9H12BrN3O4S/c10-3-1-13(9(18)12-7(3)11)8-6(16)5(15)4(2-14)17-8/h1,4-6,8,14-16H,2H2,(H2,11,12,18)/t4-,5-,6+,8-/m1/s1. The Morgan fingerprint density at radius 1 is 1.50 bits per heavy atom. The summed E-state index contributed by atoms with van der Waals surface area (Å²) in [5.74, 6) is 0.225. The number of rotatable bonds is 2. The van der Waals surface area contributed by atoms with Crippen LogP contribution in [0.4, 0.5) is 5.82 Å². The number of aliphatic hydroxyl groups is 3. The maximum absolute atomic E-state index is 9.87. The Balaban J connectivity index is 2.39. The molecule has 0 radical (unpaired) electrons. The summed E-state index contributed by atoms with van der Waals surface area (Å²) in [4.78, 5) is 3.90. The van der Waals surface area contributed by atoms with Crippen molar-refractivity contribution in [2.24, 2.45) is 0 Å². The predicted octanol–water partition coefficient (Wildman–Crippen LogP) is -0.431. The van der Waals surface area contributed by atoms with E-state index >= 15 is 0 Å². The van der Waals surface area contributed by atoms with Crippen LogP contribution in [-0.4, -0.2) is 49.8 Å². The molecule has 1 aliphatic rings. The van der Waals surface area contributed by atoms with E-state index in [1.807, 2.05) is 0 Å². The van der Waals surface area contributed by atoms with Gasteiger partial charge in [-0.05, 0) is 28.1 Å². The molecule has 5 N–H and O–H groups in total. The van der Waals surface area contributed by atoms with E-state index in [0.29, 0.717) is 4.47 Å². The highest BCUT2D eigenvalue weighted by Gasteiger charge is 2.43. The van der Waals surface area contributed by atoms with Crippen LogP contribution in [0, 0.1) is 4.77 Å². The van der Waals surface area contributed by atoms with Gasteiger partial charge >= 0.3 is 0 Å². The zero-order chi connectivity index (χ0) is 13.4. The Kier molecular flexibility index (Phi) is 3.99. The fourth-order valence-corrected chi connectivity index (χ4v) is 2.31. The van der Waals surface area contributed by atoms with Crippen molar-refractivity contribution in [1.82, 2.24) is 9.55 Å². The topological polar surface area (TPSA) is 114 Å². The minimum Gasteiger partial charge on any atom is -0.394 e. The second-order valence-corrected chi connectivity index (χ2v) is 5.11. The monoisotopic (exact) mass is 337 g/mol. The number of hydrogen-bond acceptors (Lipinski definition) is 7. The SMILES string of the molecule is Nc1nc(=S)n([C@@H]2O[C@H](CO)[C@@H](O)[C@@H]2O)cc1Br. The predicted molar refractivity (Wildman–Crippen MR) is 68.2 cm³/mol. The molecule has 0 spiro atoms. The summed E-state index contributed by atoms with van der Waals surface area (Å²) in [6.07, 6.45) is -2.63. The van der Waals surface area contributed by atoms with Crippen molar-refractivity contribution >= 4 is 34.0 Å². The molecule has 1 fully saturated rings. The summed E-state index contributed by atoms with van der Waals surface area (Å²) in [7, 11) is 0. The number of aliphatic hydroxyl groups excluding tert-OH is 3. The number of aromatic nitrogens is 2. The van der Waals surface area contributed by atoms with Crippen molar-refractivity contribution in [3.05, 3.63) is 15.4 Å². The lowest BCUT2D eigenvalue weighted by atomic mass is 10.1. The van der Waals surface area contributed by atoms with E-state index in [2.05, 4.69) is 20.9 Å². The second kappa shape index (κ2) is 5.19. The number of halogens is 1. The normalized spacial score (nSPS) is 31.8. The van der Waals surface area contributed by atoms with Crippen molar-refractivity contribution in [2.45, 2.75) is 24.5 Å². The van der Waals surface area contributed by atoms with Crippen LogP contribution in [0.1, 0.15) is 6.23 Å². The van der Waals surface area contributed by atoms with Gasteiger partial charge in [0.1, 0.15) is 24.1 Å². The first-order valence-corrected chi connectivity index (χ1v) is 6.32. The van der Waals surface area contributed by atoms with Gasteiger partial charge in [0.05, 0.1) is 11.1 Å². The molecule has 4 atom stereocenters. The van der Waals surface area contributed by atoms with E-state index in [4.69, 9.17) is 27.8 Å². The maximum atomic E-state index is 9.87. The lowest BCUT2D eigenvalue weighted by Gasteiger charge is -2.18. The lowest BCUT2D eigenvalue weighted by Crippen LogP contribution is -2.33. The highest BCUT2D eigenvalue weighted by atomic mass is 79.9. The summed E-state index contributed by atoms with van der Waals surface area (Å²) < 4.78 is 7.33. The van der Waals surface area contributed by atoms with Crippen molar-refractivity contribution < 1.29 is 20.1 Å². The van der Waals surface area contributed by atoms with Crippen LogP contribution in [0.3, 0.4) is 0 Å². The molecule has 1 aliphatic heterocycles. The molecule has 1 aromatic heterocycles. The van der Waals surface area contributed by atoms with Crippen LogP contribution < -0.4 is 5.73 Å². The summed E-state index contributed by atoms with van der Waals surface area (Å²) in [6.45, 7) is -0.397. The quantitative estimate of drug-likeness (QED) is 0.541. The van der Waals surface area contributed by atoms with Crippen molar-refractivity contribution in [3.8, 4) is 0 Å². The zero-order valence-corrected chi connectivity index (χ0v) is 11.5. The van der Waals surface area contributed by atoms with Gasteiger partial charge in [0.25, 0.3) is 0 Å². The number of nitrogens with two attached hydrogens (primary N) is 1. The largest absolute Gasteiger partial charge is 0.394 e. The van der Waals surface area contributed by atoms with E-state index < -0.39 is 31.1 Å². The van der Waals surface area contributed by atoms with Crippen LogP contribution in [0.15, 0.2) is 10.7 Å². The third-order valence-electron chi connectivity index (χ3n) is 2.73. The average molecular weight is 338 g/mol. The first kappa shape index (κ1) is 13.8. The molecule has 2 heterocycles. The van der Waals surface area contributed by atoms with Gasteiger partial charge in [-0.1, -0.05) is 0 Å². The van der Waals surface area contributed by atoms with E-state index in [9.17, 15) is 10.2 Å². The maximum Gasteiger partial charge on any atom is 0.203 e.